The summed E-state index contributed by atoms with van der Waals surface area (Å²) in [4.78, 5) is 52.8. The van der Waals surface area contributed by atoms with E-state index in [1.807, 2.05) is 0 Å². The van der Waals surface area contributed by atoms with Crippen molar-refractivity contribution in [1.29, 1.82) is 5.41 Å². The molecule has 12 heteroatoms. The first-order chi connectivity index (χ1) is 17.9. The quantitative estimate of drug-likeness (QED) is 0.0974. The van der Waals surface area contributed by atoms with E-state index in [-0.39, 0.29) is 31.0 Å². The highest BCUT2D eigenvalue weighted by Gasteiger charge is 2.20. The number of hydrogen-bond acceptors (Lipinski definition) is 7. The van der Waals surface area contributed by atoms with Gasteiger partial charge in [0.25, 0.3) is 0 Å². The number of hydrogen-bond donors (Lipinski definition) is 6. The van der Waals surface area contributed by atoms with Crippen molar-refractivity contribution >= 4 is 35.4 Å². The van der Waals surface area contributed by atoms with Gasteiger partial charge in [-0.05, 0) is 63.5 Å². The number of carboxylic acids is 2. The number of amidine groups is 2. The van der Waals surface area contributed by atoms with E-state index in [9.17, 15) is 24.3 Å². The lowest BCUT2D eigenvalue weighted by Crippen LogP contribution is -2.41. The van der Waals surface area contributed by atoms with Crippen LogP contribution in [-0.2, 0) is 32.0 Å². The van der Waals surface area contributed by atoms with Crippen molar-refractivity contribution in [1.82, 2.24) is 10.2 Å². The molecule has 2 atom stereocenters. The lowest BCUT2D eigenvalue weighted by atomic mass is 10.0. The van der Waals surface area contributed by atoms with Gasteiger partial charge in [-0.3, -0.25) is 24.8 Å². The van der Waals surface area contributed by atoms with Crippen molar-refractivity contribution in [2.45, 2.75) is 77.3 Å². The van der Waals surface area contributed by atoms with Crippen LogP contribution in [0, 0.1) is 5.41 Å². The van der Waals surface area contributed by atoms with E-state index >= 15 is 0 Å². The number of nitrogens with two attached hydrogens (primary N) is 2. The zero-order chi connectivity index (χ0) is 28.7. The van der Waals surface area contributed by atoms with Crippen LogP contribution in [0.3, 0.4) is 0 Å². The number of benzene rings is 1. The van der Waals surface area contributed by atoms with E-state index in [0.29, 0.717) is 62.2 Å². The van der Waals surface area contributed by atoms with Crippen molar-refractivity contribution in [3.63, 3.8) is 0 Å². The normalized spacial score (nSPS) is 12.9. The van der Waals surface area contributed by atoms with Crippen LogP contribution in [0.15, 0.2) is 29.3 Å². The molecule has 1 rings (SSSR count). The lowest BCUT2D eigenvalue weighted by Gasteiger charge is -2.21. The number of nitrogens with zero attached hydrogens (tertiary/aromatic N) is 2. The second-order valence-corrected chi connectivity index (χ2v) is 9.22. The standard InChI is InChI=1S/C26H40N6O6/c1-17(27)30-13-5-3-8-22(26(37)38)31-23(33)15-19-9-11-20(12-10-19)16-24(34)32(18(2)28)14-6-4-7-21(29)25(35)36/h9-12,21-22,28H,3-8,13-16,29H2,1-2H3,(H2,27,30)(H,31,33)(H,35,36)(H,37,38). The molecule has 12 nitrogen and oxygen atoms in total. The number of rotatable bonds is 17. The van der Waals surface area contributed by atoms with Gasteiger partial charge in [-0.15, -0.1) is 0 Å². The van der Waals surface area contributed by atoms with E-state index in [2.05, 4.69) is 10.3 Å². The fourth-order valence-electron chi connectivity index (χ4n) is 3.69. The molecule has 1 aromatic carbocycles. The SMILES string of the molecule is CC(=N)N(CCCCC(N)C(=O)O)C(=O)Cc1ccc(CC(=O)NC(CCCCN=C(C)N)C(=O)O)cc1. The molecule has 0 bridgehead atoms. The smallest absolute Gasteiger partial charge is 0.326 e. The van der Waals surface area contributed by atoms with Crippen LogP contribution < -0.4 is 16.8 Å². The van der Waals surface area contributed by atoms with Crippen LogP contribution in [0.25, 0.3) is 0 Å². The average Bonchev–Trinajstić information content (AvgIpc) is 2.83. The van der Waals surface area contributed by atoms with Gasteiger partial charge in [-0.1, -0.05) is 24.3 Å². The number of amides is 2. The Labute approximate surface area is 223 Å². The summed E-state index contributed by atoms with van der Waals surface area (Å²) in [5.74, 6) is -2.26. The predicted molar refractivity (Wildman–Crippen MR) is 144 cm³/mol. The number of aliphatic carboxylic acids is 2. The lowest BCUT2D eigenvalue weighted by molar-refractivity contribution is -0.142. The zero-order valence-electron chi connectivity index (χ0n) is 22.1. The number of unbranched alkanes of at least 4 members (excludes halogenated alkanes) is 2. The van der Waals surface area contributed by atoms with Crippen molar-refractivity contribution < 1.29 is 29.4 Å². The Morgan fingerprint density at radius 3 is 2.05 bits per heavy atom. The second kappa shape index (κ2) is 16.8. The average molecular weight is 533 g/mol. The highest BCUT2D eigenvalue weighted by atomic mass is 16.4. The Morgan fingerprint density at radius 1 is 0.947 bits per heavy atom. The van der Waals surface area contributed by atoms with Gasteiger partial charge < -0.3 is 31.9 Å². The maximum atomic E-state index is 12.7. The molecular weight excluding hydrogens is 492 g/mol. The molecule has 0 aliphatic rings. The van der Waals surface area contributed by atoms with Gasteiger partial charge in [0.2, 0.25) is 11.8 Å². The summed E-state index contributed by atoms with van der Waals surface area (Å²) in [5.41, 5.74) is 12.3. The first-order valence-corrected chi connectivity index (χ1v) is 12.6. The minimum atomic E-state index is -1.10. The van der Waals surface area contributed by atoms with E-state index < -0.39 is 29.9 Å². The molecule has 0 heterocycles. The summed E-state index contributed by atoms with van der Waals surface area (Å²) in [6, 6.07) is 4.93. The Morgan fingerprint density at radius 2 is 1.53 bits per heavy atom. The van der Waals surface area contributed by atoms with E-state index in [1.165, 1.54) is 11.8 Å². The molecule has 8 N–H and O–H groups in total. The largest absolute Gasteiger partial charge is 0.480 e. The molecule has 0 saturated carbocycles. The van der Waals surface area contributed by atoms with Crippen molar-refractivity contribution in [2.75, 3.05) is 13.1 Å². The Balaban J connectivity index is 2.57. The molecule has 0 spiro atoms. The van der Waals surface area contributed by atoms with Crippen LogP contribution in [0.2, 0.25) is 0 Å². The summed E-state index contributed by atoms with van der Waals surface area (Å²) in [7, 11) is 0. The van der Waals surface area contributed by atoms with Gasteiger partial charge >= 0.3 is 11.9 Å². The molecule has 0 aromatic heterocycles. The molecule has 1 aromatic rings. The molecule has 0 aliphatic heterocycles. The summed E-state index contributed by atoms with van der Waals surface area (Å²) in [6.07, 6.45) is 2.94. The maximum absolute atomic E-state index is 12.7. The molecule has 0 saturated heterocycles. The number of carbonyl (C=O) groups excluding carboxylic acids is 2. The van der Waals surface area contributed by atoms with Crippen molar-refractivity contribution in [2.24, 2.45) is 16.5 Å². The number of nitrogens with one attached hydrogen (secondary N) is 2. The van der Waals surface area contributed by atoms with Gasteiger partial charge in [0, 0.05) is 13.1 Å². The van der Waals surface area contributed by atoms with Gasteiger partial charge in [-0.2, -0.15) is 0 Å². The first-order valence-electron chi connectivity index (χ1n) is 12.6. The number of carbonyl (C=O) groups is 4. The van der Waals surface area contributed by atoms with Crippen molar-refractivity contribution in [3.05, 3.63) is 35.4 Å². The van der Waals surface area contributed by atoms with E-state index in [0.717, 1.165) is 0 Å². The van der Waals surface area contributed by atoms with Crippen LogP contribution in [0.1, 0.15) is 63.5 Å². The molecule has 38 heavy (non-hydrogen) atoms. The molecular formula is C26H40N6O6. The molecule has 0 aliphatic carbocycles. The summed E-state index contributed by atoms with van der Waals surface area (Å²) < 4.78 is 0. The Hall–Kier alpha value is -3.80. The zero-order valence-corrected chi connectivity index (χ0v) is 22.1. The third-order valence-corrected chi connectivity index (χ3v) is 5.81. The van der Waals surface area contributed by atoms with Crippen LogP contribution in [0.4, 0.5) is 0 Å². The van der Waals surface area contributed by atoms with Crippen LogP contribution in [-0.4, -0.2) is 75.7 Å². The number of carboxylic acid groups (broad SMARTS) is 2. The number of aliphatic imine (C=N–C) groups is 1. The summed E-state index contributed by atoms with van der Waals surface area (Å²) in [5, 5.41) is 28.7. The molecule has 2 unspecified atom stereocenters. The Kier molecular flexibility index (Phi) is 14.3. The maximum Gasteiger partial charge on any atom is 0.326 e. The monoisotopic (exact) mass is 532 g/mol. The fourth-order valence-corrected chi connectivity index (χ4v) is 3.69. The molecule has 210 valence electrons. The minimum Gasteiger partial charge on any atom is -0.480 e. The third kappa shape index (κ3) is 12.9. The highest BCUT2D eigenvalue weighted by Crippen LogP contribution is 2.10. The first kappa shape index (κ1) is 32.2. The van der Waals surface area contributed by atoms with Gasteiger partial charge in [0.05, 0.1) is 24.5 Å². The fraction of sp³-hybridized carbons (Fsp3) is 0.538. The van der Waals surface area contributed by atoms with Crippen LogP contribution in [0.5, 0.6) is 0 Å². The van der Waals surface area contributed by atoms with Gasteiger partial charge in [0.1, 0.15) is 12.1 Å². The molecule has 0 fully saturated rings. The molecule has 0 radical (unpaired) electrons. The van der Waals surface area contributed by atoms with Gasteiger partial charge in [0.15, 0.2) is 0 Å². The van der Waals surface area contributed by atoms with Crippen molar-refractivity contribution in [3.8, 4) is 0 Å². The van der Waals surface area contributed by atoms with Gasteiger partial charge in [-0.25, -0.2) is 4.79 Å². The minimum absolute atomic E-state index is 0.00111. The van der Waals surface area contributed by atoms with Crippen LogP contribution >= 0.6 is 0 Å². The Bertz CT molecular complexity index is 990. The summed E-state index contributed by atoms with van der Waals surface area (Å²) in [6.45, 7) is 4.00. The topological polar surface area (TPSA) is 212 Å². The van der Waals surface area contributed by atoms with E-state index in [4.69, 9.17) is 22.0 Å². The molecule has 2 amide bonds. The third-order valence-electron chi connectivity index (χ3n) is 5.81. The predicted octanol–water partition coefficient (Wildman–Crippen LogP) is 1.30. The summed E-state index contributed by atoms with van der Waals surface area (Å²) >= 11 is 0. The second-order valence-electron chi connectivity index (χ2n) is 9.22. The highest BCUT2D eigenvalue weighted by molar-refractivity contribution is 5.96. The van der Waals surface area contributed by atoms with E-state index in [1.54, 1.807) is 31.2 Å².